The molecule has 0 aromatic heterocycles. The molecule has 1 atom stereocenters. The van der Waals surface area contributed by atoms with Gasteiger partial charge in [-0.1, -0.05) is 18.2 Å². The van der Waals surface area contributed by atoms with E-state index in [1.54, 1.807) is 36.0 Å². The number of rotatable bonds is 8. The fourth-order valence-corrected chi connectivity index (χ4v) is 3.25. The molecule has 0 radical (unpaired) electrons. The Bertz CT molecular complexity index is 751. The van der Waals surface area contributed by atoms with Crippen molar-refractivity contribution in [1.82, 2.24) is 0 Å². The molecule has 1 amide bonds. The van der Waals surface area contributed by atoms with Gasteiger partial charge >= 0.3 is 0 Å². The van der Waals surface area contributed by atoms with Crippen LogP contribution in [0.5, 0.6) is 5.75 Å². The van der Waals surface area contributed by atoms with E-state index in [1.807, 2.05) is 39.0 Å². The number of anilines is 1. The second-order valence-corrected chi connectivity index (χ2v) is 7.65. The normalized spacial score (nSPS) is 11.7. The lowest BCUT2D eigenvalue weighted by Gasteiger charge is -2.14. The summed E-state index contributed by atoms with van der Waals surface area (Å²) >= 11 is 1.55. The minimum atomic E-state index is -0.191. The molecule has 0 aliphatic carbocycles. The van der Waals surface area contributed by atoms with Gasteiger partial charge in [-0.3, -0.25) is 9.59 Å². The lowest BCUT2D eigenvalue weighted by Crippen LogP contribution is -2.23. The summed E-state index contributed by atoms with van der Waals surface area (Å²) in [5.74, 6) is 1.61. The lowest BCUT2D eigenvalue weighted by atomic mass is 10.1. The number of amides is 1. The number of carbonyl (C=O) groups is 2. The van der Waals surface area contributed by atoms with Crippen LogP contribution in [0.2, 0.25) is 0 Å². The fraction of sp³-hybridized carbons (Fsp3) is 0.333. The van der Waals surface area contributed by atoms with Gasteiger partial charge in [0.1, 0.15) is 5.75 Å². The van der Waals surface area contributed by atoms with Gasteiger partial charge in [0, 0.05) is 17.0 Å². The van der Waals surface area contributed by atoms with Gasteiger partial charge in [-0.2, -0.15) is 0 Å². The van der Waals surface area contributed by atoms with Crippen LogP contribution in [-0.4, -0.2) is 29.3 Å². The topological polar surface area (TPSA) is 55.4 Å². The van der Waals surface area contributed by atoms with Gasteiger partial charge in [0.15, 0.2) is 5.78 Å². The zero-order chi connectivity index (χ0) is 19.1. The van der Waals surface area contributed by atoms with E-state index in [0.717, 1.165) is 22.6 Å². The highest BCUT2D eigenvalue weighted by atomic mass is 32.2. The van der Waals surface area contributed by atoms with Crippen LogP contribution in [0.15, 0.2) is 42.5 Å². The smallest absolute Gasteiger partial charge is 0.237 e. The molecule has 0 aliphatic rings. The summed E-state index contributed by atoms with van der Waals surface area (Å²) < 4.78 is 5.87. The van der Waals surface area contributed by atoms with Gasteiger partial charge in [0.05, 0.1) is 11.9 Å². The van der Waals surface area contributed by atoms with Crippen molar-refractivity contribution in [3.8, 4) is 5.75 Å². The molecule has 4 nitrogen and oxygen atoms in total. The van der Waals surface area contributed by atoms with Gasteiger partial charge in [0.2, 0.25) is 5.91 Å². The Morgan fingerprint density at radius 2 is 1.69 bits per heavy atom. The molecule has 0 spiro atoms. The lowest BCUT2D eigenvalue weighted by molar-refractivity contribution is -0.115. The molecule has 26 heavy (non-hydrogen) atoms. The fourth-order valence-electron chi connectivity index (χ4n) is 2.50. The largest absolute Gasteiger partial charge is 0.492 e. The number of nitrogens with one attached hydrogen (secondary N) is 1. The average molecular weight is 372 g/mol. The summed E-state index contributed by atoms with van der Waals surface area (Å²) in [4.78, 5) is 23.5. The SMILES string of the molecule is CC(=O)c1ccc(NC(=O)C(C)SCCOc2c(C)cccc2C)cc1. The summed E-state index contributed by atoms with van der Waals surface area (Å²) in [5, 5.41) is 2.68. The first-order valence-electron chi connectivity index (χ1n) is 8.61. The van der Waals surface area contributed by atoms with Crippen molar-refractivity contribution in [2.45, 2.75) is 32.9 Å². The Balaban J connectivity index is 1.77. The maximum atomic E-state index is 12.3. The molecule has 138 valence electrons. The van der Waals surface area contributed by atoms with Crippen molar-refractivity contribution >= 4 is 29.1 Å². The van der Waals surface area contributed by atoms with Crippen LogP contribution >= 0.6 is 11.8 Å². The van der Waals surface area contributed by atoms with Crippen LogP contribution in [0.25, 0.3) is 0 Å². The number of hydrogen-bond donors (Lipinski definition) is 1. The summed E-state index contributed by atoms with van der Waals surface area (Å²) in [6.07, 6.45) is 0. The number of para-hydroxylation sites is 1. The molecule has 2 aromatic rings. The van der Waals surface area contributed by atoms with Crippen LogP contribution in [0, 0.1) is 13.8 Å². The van der Waals surface area contributed by atoms with Crippen LogP contribution in [0.1, 0.15) is 35.3 Å². The first-order chi connectivity index (χ1) is 12.4. The summed E-state index contributed by atoms with van der Waals surface area (Å²) in [5.41, 5.74) is 3.57. The average Bonchev–Trinajstić information content (AvgIpc) is 2.60. The second-order valence-electron chi connectivity index (χ2n) is 6.21. The predicted molar refractivity (Wildman–Crippen MR) is 108 cm³/mol. The number of aryl methyl sites for hydroxylation is 2. The van der Waals surface area contributed by atoms with E-state index < -0.39 is 0 Å². The monoisotopic (exact) mass is 371 g/mol. The van der Waals surface area contributed by atoms with Gasteiger partial charge < -0.3 is 10.1 Å². The highest BCUT2D eigenvalue weighted by molar-refractivity contribution is 8.00. The Kier molecular flexibility index (Phi) is 7.27. The van der Waals surface area contributed by atoms with Crippen LogP contribution in [-0.2, 0) is 4.79 Å². The third kappa shape index (κ3) is 5.63. The van der Waals surface area contributed by atoms with Gasteiger partial charge in [-0.25, -0.2) is 0 Å². The van der Waals surface area contributed by atoms with Crippen molar-refractivity contribution in [3.63, 3.8) is 0 Å². The number of carbonyl (C=O) groups excluding carboxylic acids is 2. The minimum Gasteiger partial charge on any atom is -0.492 e. The van der Waals surface area contributed by atoms with Crippen LogP contribution < -0.4 is 10.1 Å². The molecular formula is C21H25NO3S. The summed E-state index contributed by atoms with van der Waals surface area (Å²) in [6, 6.07) is 13.0. The quantitative estimate of drug-likeness (QED) is 0.542. The molecule has 1 unspecified atom stereocenters. The van der Waals surface area contributed by atoms with Gasteiger partial charge in [0.25, 0.3) is 0 Å². The number of ketones is 1. The maximum Gasteiger partial charge on any atom is 0.237 e. The summed E-state index contributed by atoms with van der Waals surface area (Å²) in [6.45, 7) is 8.02. The van der Waals surface area contributed by atoms with Crippen molar-refractivity contribution in [2.24, 2.45) is 0 Å². The molecule has 2 aromatic carbocycles. The van der Waals surface area contributed by atoms with Gasteiger partial charge in [-0.15, -0.1) is 11.8 Å². The van der Waals surface area contributed by atoms with Crippen LogP contribution in [0.3, 0.4) is 0 Å². The van der Waals surface area contributed by atoms with Crippen molar-refractivity contribution in [1.29, 1.82) is 0 Å². The van der Waals surface area contributed by atoms with E-state index in [-0.39, 0.29) is 16.9 Å². The summed E-state index contributed by atoms with van der Waals surface area (Å²) in [7, 11) is 0. The van der Waals surface area contributed by atoms with Crippen molar-refractivity contribution in [3.05, 3.63) is 59.2 Å². The zero-order valence-corrected chi connectivity index (χ0v) is 16.5. The zero-order valence-electron chi connectivity index (χ0n) is 15.7. The van der Waals surface area contributed by atoms with Gasteiger partial charge in [-0.05, 0) is 63.1 Å². The Morgan fingerprint density at radius 1 is 1.08 bits per heavy atom. The molecule has 0 saturated carbocycles. The number of hydrogen-bond acceptors (Lipinski definition) is 4. The van der Waals surface area contributed by atoms with Crippen molar-refractivity contribution in [2.75, 3.05) is 17.7 Å². The van der Waals surface area contributed by atoms with E-state index in [1.165, 1.54) is 6.92 Å². The van der Waals surface area contributed by atoms with E-state index in [0.29, 0.717) is 17.9 Å². The minimum absolute atomic E-state index is 0.00990. The Morgan fingerprint density at radius 3 is 2.27 bits per heavy atom. The van der Waals surface area contributed by atoms with E-state index in [4.69, 9.17) is 4.74 Å². The molecule has 2 rings (SSSR count). The third-order valence-electron chi connectivity index (χ3n) is 4.03. The maximum absolute atomic E-state index is 12.3. The molecule has 0 saturated heterocycles. The van der Waals surface area contributed by atoms with Crippen molar-refractivity contribution < 1.29 is 14.3 Å². The highest BCUT2D eigenvalue weighted by Crippen LogP contribution is 2.23. The molecule has 5 heteroatoms. The number of benzene rings is 2. The predicted octanol–water partition coefficient (Wildman–Crippen LogP) is 4.65. The molecule has 0 fully saturated rings. The molecule has 0 aliphatic heterocycles. The number of thioether (sulfide) groups is 1. The molecule has 1 N–H and O–H groups in total. The molecule has 0 heterocycles. The van der Waals surface area contributed by atoms with E-state index in [9.17, 15) is 9.59 Å². The second kappa shape index (κ2) is 9.43. The molecular weight excluding hydrogens is 346 g/mol. The standard InChI is InChI=1S/C21H25NO3S/c1-14-6-5-7-15(2)20(14)25-12-13-26-17(4)21(24)22-19-10-8-18(9-11-19)16(3)23/h5-11,17H,12-13H2,1-4H3,(H,22,24). The number of ether oxygens (including phenoxy) is 1. The highest BCUT2D eigenvalue weighted by Gasteiger charge is 2.14. The number of Topliss-reactive ketones (excluding diaryl/α,β-unsaturated/α-hetero) is 1. The van der Waals surface area contributed by atoms with E-state index in [2.05, 4.69) is 5.32 Å². The first-order valence-corrected chi connectivity index (χ1v) is 9.66. The van der Waals surface area contributed by atoms with E-state index >= 15 is 0 Å². The third-order valence-corrected chi connectivity index (χ3v) is 5.15. The molecule has 0 bridgehead atoms. The van der Waals surface area contributed by atoms with Crippen LogP contribution in [0.4, 0.5) is 5.69 Å². The first kappa shape index (κ1) is 20.0. The Hall–Kier alpha value is -2.27. The Labute approximate surface area is 159 Å².